The smallest absolute Gasteiger partial charge is 0.119 e. The van der Waals surface area contributed by atoms with Crippen LogP contribution in [0.25, 0.3) is 0 Å². The molecule has 1 rings (SSSR count). The predicted molar refractivity (Wildman–Crippen MR) is 67.5 cm³/mol. The molecule has 0 heterocycles. The lowest BCUT2D eigenvalue weighted by Gasteiger charge is -2.20. The molecule has 2 heteroatoms. The van der Waals surface area contributed by atoms with Gasteiger partial charge in [-0.3, -0.25) is 0 Å². The topological polar surface area (TPSA) is 20.2 Å². The van der Waals surface area contributed by atoms with Crippen LogP contribution >= 0.6 is 12.6 Å². The molecule has 0 aliphatic carbocycles. The lowest BCUT2D eigenvalue weighted by atomic mass is 9.85. The van der Waals surface area contributed by atoms with Crippen molar-refractivity contribution in [3.8, 4) is 17.6 Å². The normalized spacial score (nSPS) is 10.7. The number of benzene rings is 1. The van der Waals surface area contributed by atoms with Gasteiger partial charge in [-0.15, -0.1) is 0 Å². The molecule has 1 nitrogen and oxygen atoms in total. The monoisotopic (exact) mass is 220 g/mol. The first-order valence-corrected chi connectivity index (χ1v) is 5.51. The highest BCUT2D eigenvalue weighted by atomic mass is 32.1. The third-order valence-corrected chi connectivity index (χ3v) is 2.27. The maximum atomic E-state index is 9.73. The third-order valence-electron chi connectivity index (χ3n) is 2.12. The maximum absolute atomic E-state index is 9.73. The van der Waals surface area contributed by atoms with Gasteiger partial charge in [0.15, 0.2) is 0 Å². The SMILES string of the molecule is CC(C)(C)c1cc(C#CCS)ccc1O. The summed E-state index contributed by atoms with van der Waals surface area (Å²) < 4.78 is 0. The summed E-state index contributed by atoms with van der Waals surface area (Å²) in [6.07, 6.45) is 0. The molecule has 1 N–H and O–H groups in total. The zero-order valence-electron chi connectivity index (χ0n) is 9.33. The minimum atomic E-state index is -0.0667. The van der Waals surface area contributed by atoms with E-state index in [1.165, 1.54) is 0 Å². The molecule has 0 aromatic heterocycles. The van der Waals surface area contributed by atoms with Crippen LogP contribution in [-0.4, -0.2) is 10.9 Å². The fourth-order valence-electron chi connectivity index (χ4n) is 1.36. The first-order chi connectivity index (χ1) is 6.95. The van der Waals surface area contributed by atoms with Crippen molar-refractivity contribution in [2.75, 3.05) is 5.75 Å². The minimum Gasteiger partial charge on any atom is -0.508 e. The molecule has 0 aliphatic heterocycles. The summed E-state index contributed by atoms with van der Waals surface area (Å²) in [5.74, 6) is 6.77. The molecular weight excluding hydrogens is 204 g/mol. The van der Waals surface area contributed by atoms with Crippen LogP contribution in [0.4, 0.5) is 0 Å². The Morgan fingerprint density at radius 1 is 1.33 bits per heavy atom. The van der Waals surface area contributed by atoms with E-state index in [0.29, 0.717) is 11.5 Å². The Morgan fingerprint density at radius 3 is 2.53 bits per heavy atom. The number of hydrogen-bond donors (Lipinski definition) is 2. The van der Waals surface area contributed by atoms with E-state index >= 15 is 0 Å². The Bertz CT molecular complexity index is 405. The van der Waals surface area contributed by atoms with Crippen LogP contribution in [0.15, 0.2) is 18.2 Å². The number of rotatable bonds is 0. The first-order valence-electron chi connectivity index (χ1n) is 4.88. The molecule has 0 saturated heterocycles. The molecule has 0 fully saturated rings. The zero-order chi connectivity index (χ0) is 11.5. The van der Waals surface area contributed by atoms with Crippen LogP contribution in [0.2, 0.25) is 0 Å². The van der Waals surface area contributed by atoms with Crippen molar-refractivity contribution in [1.29, 1.82) is 0 Å². The van der Waals surface area contributed by atoms with Gasteiger partial charge in [-0.2, -0.15) is 12.6 Å². The number of aromatic hydroxyl groups is 1. The Labute approximate surface area is 96.9 Å². The average Bonchev–Trinajstić information content (AvgIpc) is 2.15. The van der Waals surface area contributed by atoms with Crippen LogP contribution in [0, 0.1) is 11.8 Å². The van der Waals surface area contributed by atoms with Gasteiger partial charge < -0.3 is 5.11 Å². The van der Waals surface area contributed by atoms with Crippen LogP contribution < -0.4 is 0 Å². The molecule has 0 amide bonds. The van der Waals surface area contributed by atoms with Gasteiger partial charge in [-0.05, 0) is 23.6 Å². The Balaban J connectivity index is 3.17. The molecule has 0 aliphatic rings. The number of hydrogen-bond acceptors (Lipinski definition) is 2. The number of thiol groups is 1. The third kappa shape index (κ3) is 3.21. The molecule has 0 spiro atoms. The van der Waals surface area contributed by atoms with E-state index < -0.39 is 0 Å². The van der Waals surface area contributed by atoms with Crippen LogP contribution in [0.3, 0.4) is 0 Å². The van der Waals surface area contributed by atoms with Crippen molar-refractivity contribution < 1.29 is 5.11 Å². The molecule has 0 radical (unpaired) electrons. The van der Waals surface area contributed by atoms with E-state index in [1.54, 1.807) is 6.07 Å². The lowest BCUT2D eigenvalue weighted by Crippen LogP contribution is -2.11. The van der Waals surface area contributed by atoms with Gasteiger partial charge >= 0.3 is 0 Å². The van der Waals surface area contributed by atoms with Crippen molar-refractivity contribution in [3.05, 3.63) is 29.3 Å². The molecule has 1 aromatic carbocycles. The number of phenolic OH excluding ortho intramolecular Hbond substituents is 1. The first kappa shape index (κ1) is 12.0. The quantitative estimate of drug-likeness (QED) is 0.509. The van der Waals surface area contributed by atoms with Crippen LogP contribution in [0.1, 0.15) is 31.9 Å². The van der Waals surface area contributed by atoms with Gasteiger partial charge in [0, 0.05) is 11.1 Å². The molecule has 0 bridgehead atoms. The van der Waals surface area contributed by atoms with Gasteiger partial charge in [-0.1, -0.05) is 32.6 Å². The predicted octanol–water partition coefficient (Wildman–Crippen LogP) is 2.97. The Morgan fingerprint density at radius 2 is 2.00 bits per heavy atom. The van der Waals surface area contributed by atoms with Crippen molar-refractivity contribution in [2.24, 2.45) is 0 Å². The van der Waals surface area contributed by atoms with Gasteiger partial charge in [0.05, 0.1) is 5.75 Å². The molecule has 1 aromatic rings. The van der Waals surface area contributed by atoms with Gasteiger partial charge in [0.1, 0.15) is 5.75 Å². The molecule has 80 valence electrons. The fourth-order valence-corrected chi connectivity index (χ4v) is 1.44. The summed E-state index contributed by atoms with van der Waals surface area (Å²) in [5, 5.41) is 9.73. The minimum absolute atomic E-state index is 0.0667. The summed E-state index contributed by atoms with van der Waals surface area (Å²) in [7, 11) is 0. The van der Waals surface area contributed by atoms with Gasteiger partial charge in [0.2, 0.25) is 0 Å². The fraction of sp³-hybridized carbons (Fsp3) is 0.385. The van der Waals surface area contributed by atoms with E-state index in [2.05, 4.69) is 45.2 Å². The molecular formula is C13H16OS. The molecule has 0 unspecified atom stereocenters. The summed E-state index contributed by atoms with van der Waals surface area (Å²) in [6.45, 7) is 6.20. The zero-order valence-corrected chi connectivity index (χ0v) is 10.2. The second kappa shape index (κ2) is 4.63. The number of phenols is 1. The highest BCUT2D eigenvalue weighted by Gasteiger charge is 2.17. The van der Waals surface area contributed by atoms with E-state index in [-0.39, 0.29) is 5.41 Å². The second-order valence-electron chi connectivity index (χ2n) is 4.44. The van der Waals surface area contributed by atoms with E-state index in [9.17, 15) is 5.11 Å². The highest BCUT2D eigenvalue weighted by molar-refractivity contribution is 7.80. The highest BCUT2D eigenvalue weighted by Crippen LogP contribution is 2.30. The summed E-state index contributed by atoms with van der Waals surface area (Å²) in [6, 6.07) is 5.45. The molecule has 15 heavy (non-hydrogen) atoms. The van der Waals surface area contributed by atoms with Gasteiger partial charge in [-0.25, -0.2) is 0 Å². The maximum Gasteiger partial charge on any atom is 0.119 e. The van der Waals surface area contributed by atoms with Crippen molar-refractivity contribution in [2.45, 2.75) is 26.2 Å². The molecule has 0 saturated carbocycles. The van der Waals surface area contributed by atoms with E-state index in [0.717, 1.165) is 11.1 Å². The van der Waals surface area contributed by atoms with Gasteiger partial charge in [0.25, 0.3) is 0 Å². The Hall–Kier alpha value is -1.07. The van der Waals surface area contributed by atoms with E-state index in [4.69, 9.17) is 0 Å². The Kier molecular flexibility index (Phi) is 3.71. The standard InChI is InChI=1S/C13H16OS/c1-13(2,3)11-9-10(5-4-8-15)6-7-12(11)14/h6-7,9,14-15H,8H2,1-3H3. The van der Waals surface area contributed by atoms with Crippen molar-refractivity contribution in [1.82, 2.24) is 0 Å². The van der Waals surface area contributed by atoms with Crippen molar-refractivity contribution in [3.63, 3.8) is 0 Å². The van der Waals surface area contributed by atoms with E-state index in [1.807, 2.05) is 12.1 Å². The largest absolute Gasteiger partial charge is 0.508 e. The average molecular weight is 220 g/mol. The van der Waals surface area contributed by atoms with Crippen LogP contribution in [0.5, 0.6) is 5.75 Å². The summed E-state index contributed by atoms with van der Waals surface area (Å²) in [4.78, 5) is 0. The summed E-state index contributed by atoms with van der Waals surface area (Å²) in [5.41, 5.74) is 1.78. The molecule has 0 atom stereocenters. The van der Waals surface area contributed by atoms with Crippen molar-refractivity contribution >= 4 is 12.6 Å². The summed E-state index contributed by atoms with van der Waals surface area (Å²) >= 11 is 4.03. The lowest BCUT2D eigenvalue weighted by molar-refractivity contribution is 0.446. The van der Waals surface area contributed by atoms with Crippen LogP contribution in [-0.2, 0) is 5.41 Å². The second-order valence-corrected chi connectivity index (χ2v) is 4.76.